The molecular weight excluding hydrogens is 94.1 g/mol. The van der Waals surface area contributed by atoms with Crippen molar-refractivity contribution in [1.82, 2.24) is 5.32 Å². The Bertz CT molecular complexity index is 61.9. The molecule has 0 aromatic carbocycles. The first kappa shape index (κ1) is 4.06. The predicted molar refractivity (Wildman–Crippen MR) is 29.5 cm³/mol. The molecule has 1 aliphatic heterocycles. The average molecular weight is 100 g/mol. The third-order valence-electron chi connectivity index (χ3n) is 0.773. The summed E-state index contributed by atoms with van der Waals surface area (Å²) < 4.78 is 0. The van der Waals surface area contributed by atoms with Crippen molar-refractivity contribution in [1.29, 1.82) is 0 Å². The molecule has 1 rings (SSSR count). The van der Waals surface area contributed by atoms with Crippen molar-refractivity contribution in [3.63, 3.8) is 0 Å². The minimum Gasteiger partial charge on any atom is -0.379 e. The largest absolute Gasteiger partial charge is 0.379 e. The number of hydrogen-bond donors (Lipinski definition) is 1. The third-order valence-corrected chi connectivity index (χ3v) is 1.08. The molecule has 0 bridgehead atoms. The van der Waals surface area contributed by atoms with E-state index in [0.717, 1.165) is 18.0 Å². The number of rotatable bonds is 0. The molecule has 1 fully saturated rings. The Morgan fingerprint density at radius 2 is 2.67 bits per heavy atom. The van der Waals surface area contributed by atoms with Crippen LogP contribution >= 0.6 is 12.2 Å². The Labute approximate surface area is 42.7 Å². The molecule has 0 unspecified atom stereocenters. The predicted octanol–water partition coefficient (Wildman–Crippen LogP) is 0.511. The zero-order valence-corrected chi connectivity index (χ0v) is 4.22. The lowest BCUT2D eigenvalue weighted by Crippen LogP contribution is -2.10. The van der Waals surface area contributed by atoms with Gasteiger partial charge in [-0.3, -0.25) is 0 Å². The van der Waals surface area contributed by atoms with E-state index in [0.29, 0.717) is 0 Å². The molecule has 0 spiro atoms. The standard InChI is InChI=1S/C4H6NS/c6-4-2-1-3-5-4/h2H,1,3H2,(H,5,6). The minimum absolute atomic E-state index is 0.912. The highest BCUT2D eigenvalue weighted by molar-refractivity contribution is 7.80. The fourth-order valence-corrected chi connectivity index (χ4v) is 0.691. The maximum Gasteiger partial charge on any atom is 0.0792 e. The van der Waals surface area contributed by atoms with E-state index >= 15 is 0 Å². The Balaban J connectivity index is 2.37. The Hall–Kier alpha value is -0.110. The Morgan fingerprint density at radius 3 is 2.83 bits per heavy atom. The summed E-state index contributed by atoms with van der Waals surface area (Å²) in [5.41, 5.74) is 0. The quantitative estimate of drug-likeness (QED) is 0.445. The Kier molecular flexibility index (Phi) is 1.05. The van der Waals surface area contributed by atoms with Gasteiger partial charge in [0.2, 0.25) is 0 Å². The zero-order valence-electron chi connectivity index (χ0n) is 3.40. The van der Waals surface area contributed by atoms with Crippen molar-refractivity contribution in [3.05, 3.63) is 6.42 Å². The van der Waals surface area contributed by atoms with Gasteiger partial charge in [0.05, 0.1) is 4.99 Å². The summed E-state index contributed by atoms with van der Waals surface area (Å²) in [4.78, 5) is 0.912. The van der Waals surface area contributed by atoms with Crippen LogP contribution in [-0.2, 0) is 0 Å². The lowest BCUT2D eigenvalue weighted by molar-refractivity contribution is 0.957. The van der Waals surface area contributed by atoms with E-state index in [2.05, 4.69) is 5.32 Å². The zero-order chi connectivity index (χ0) is 4.41. The van der Waals surface area contributed by atoms with Crippen molar-refractivity contribution < 1.29 is 0 Å². The molecule has 1 nitrogen and oxygen atoms in total. The van der Waals surface area contributed by atoms with Crippen molar-refractivity contribution in [2.45, 2.75) is 6.42 Å². The molecule has 0 saturated carbocycles. The summed E-state index contributed by atoms with van der Waals surface area (Å²) >= 11 is 4.75. The third kappa shape index (κ3) is 0.684. The van der Waals surface area contributed by atoms with Gasteiger partial charge >= 0.3 is 0 Å². The van der Waals surface area contributed by atoms with Gasteiger partial charge in [-0.05, 0) is 6.42 Å². The van der Waals surface area contributed by atoms with Gasteiger partial charge in [0.15, 0.2) is 0 Å². The average Bonchev–Trinajstić information content (AvgIpc) is 1.86. The Morgan fingerprint density at radius 1 is 1.83 bits per heavy atom. The second kappa shape index (κ2) is 1.56. The molecule has 0 aliphatic carbocycles. The van der Waals surface area contributed by atoms with Gasteiger partial charge < -0.3 is 5.32 Å². The van der Waals surface area contributed by atoms with Crippen molar-refractivity contribution in [2.24, 2.45) is 0 Å². The normalized spacial score (nSPS) is 21.0. The SMILES string of the molecule is S=C1[CH]CCN1. The van der Waals surface area contributed by atoms with Gasteiger partial charge in [-0.25, -0.2) is 0 Å². The molecule has 1 radical (unpaired) electrons. The summed E-state index contributed by atoms with van der Waals surface area (Å²) in [6.45, 7) is 1.04. The molecule has 1 aliphatic rings. The fourth-order valence-electron chi connectivity index (χ4n) is 0.471. The van der Waals surface area contributed by atoms with Crippen molar-refractivity contribution in [2.75, 3.05) is 6.54 Å². The van der Waals surface area contributed by atoms with Crippen LogP contribution in [0.3, 0.4) is 0 Å². The molecule has 1 N–H and O–H groups in total. The van der Waals surface area contributed by atoms with Gasteiger partial charge in [-0.2, -0.15) is 0 Å². The maximum absolute atomic E-state index is 4.75. The van der Waals surface area contributed by atoms with E-state index in [1.165, 1.54) is 0 Å². The maximum atomic E-state index is 4.75. The van der Waals surface area contributed by atoms with Crippen LogP contribution in [0.15, 0.2) is 0 Å². The smallest absolute Gasteiger partial charge is 0.0792 e. The molecular formula is C4H6NS. The first-order chi connectivity index (χ1) is 2.89. The van der Waals surface area contributed by atoms with Crippen LogP contribution in [0.5, 0.6) is 0 Å². The molecule has 0 atom stereocenters. The lowest BCUT2D eigenvalue weighted by atomic mass is 10.4. The first-order valence-electron chi connectivity index (χ1n) is 2.00. The molecule has 0 aromatic rings. The summed E-state index contributed by atoms with van der Waals surface area (Å²) in [5, 5.41) is 3.00. The van der Waals surface area contributed by atoms with Crippen LogP contribution in [0, 0.1) is 6.42 Å². The second-order valence-corrected chi connectivity index (χ2v) is 1.72. The van der Waals surface area contributed by atoms with E-state index in [9.17, 15) is 0 Å². The van der Waals surface area contributed by atoms with E-state index < -0.39 is 0 Å². The number of nitrogens with one attached hydrogen (secondary N) is 1. The second-order valence-electron chi connectivity index (χ2n) is 1.28. The van der Waals surface area contributed by atoms with Crippen LogP contribution in [0.25, 0.3) is 0 Å². The van der Waals surface area contributed by atoms with E-state index in [-0.39, 0.29) is 0 Å². The van der Waals surface area contributed by atoms with E-state index in [1.54, 1.807) is 0 Å². The number of thiocarbonyl (C=S) groups is 1. The highest BCUT2D eigenvalue weighted by atomic mass is 32.1. The van der Waals surface area contributed by atoms with Crippen molar-refractivity contribution >= 4 is 17.2 Å². The molecule has 6 heavy (non-hydrogen) atoms. The van der Waals surface area contributed by atoms with Gasteiger partial charge in [0, 0.05) is 13.0 Å². The van der Waals surface area contributed by atoms with E-state index in [4.69, 9.17) is 12.2 Å². The minimum atomic E-state index is 0.912. The topological polar surface area (TPSA) is 12.0 Å². The van der Waals surface area contributed by atoms with Crippen LogP contribution in [0.2, 0.25) is 0 Å². The van der Waals surface area contributed by atoms with Gasteiger partial charge in [-0.1, -0.05) is 12.2 Å². The van der Waals surface area contributed by atoms with Crippen LogP contribution in [0.1, 0.15) is 6.42 Å². The van der Waals surface area contributed by atoms with Gasteiger partial charge in [0.1, 0.15) is 0 Å². The number of hydrogen-bond acceptors (Lipinski definition) is 1. The van der Waals surface area contributed by atoms with Crippen LogP contribution < -0.4 is 5.32 Å². The van der Waals surface area contributed by atoms with Gasteiger partial charge in [-0.15, -0.1) is 0 Å². The fraction of sp³-hybridized carbons (Fsp3) is 0.500. The molecule has 2 heteroatoms. The van der Waals surface area contributed by atoms with Crippen molar-refractivity contribution in [3.8, 4) is 0 Å². The van der Waals surface area contributed by atoms with Crippen LogP contribution in [0.4, 0.5) is 0 Å². The van der Waals surface area contributed by atoms with E-state index in [1.807, 2.05) is 6.42 Å². The lowest BCUT2D eigenvalue weighted by Gasteiger charge is -1.84. The van der Waals surface area contributed by atoms with Gasteiger partial charge in [0.25, 0.3) is 0 Å². The molecule has 1 saturated heterocycles. The molecule has 1 heterocycles. The molecule has 33 valence electrons. The van der Waals surface area contributed by atoms with Crippen LogP contribution in [-0.4, -0.2) is 11.5 Å². The molecule has 0 amide bonds. The summed E-state index contributed by atoms with van der Waals surface area (Å²) in [6.07, 6.45) is 3.13. The summed E-state index contributed by atoms with van der Waals surface area (Å²) in [5.74, 6) is 0. The summed E-state index contributed by atoms with van der Waals surface area (Å²) in [7, 11) is 0. The molecule has 0 aromatic heterocycles. The highest BCUT2D eigenvalue weighted by Gasteiger charge is 2.01. The highest BCUT2D eigenvalue weighted by Crippen LogP contribution is 1.94. The first-order valence-corrected chi connectivity index (χ1v) is 2.41. The monoisotopic (exact) mass is 100 g/mol. The summed E-state index contributed by atoms with van der Waals surface area (Å²) in [6, 6.07) is 0.